The molecule has 1 aromatic carbocycles. The summed E-state index contributed by atoms with van der Waals surface area (Å²) < 4.78 is 0. The molecule has 0 fully saturated rings. The van der Waals surface area contributed by atoms with Gasteiger partial charge in [0, 0.05) is 0 Å². The molecule has 0 aliphatic heterocycles. The van der Waals surface area contributed by atoms with Gasteiger partial charge in [0.1, 0.15) is 0 Å². The molecule has 0 atom stereocenters. The summed E-state index contributed by atoms with van der Waals surface area (Å²) in [5, 5.41) is 0.815. The van der Waals surface area contributed by atoms with E-state index in [1.807, 2.05) is 0 Å². The molecule has 18 heavy (non-hydrogen) atoms. The third-order valence-corrected chi connectivity index (χ3v) is 7.34. The van der Waals surface area contributed by atoms with Crippen molar-refractivity contribution in [2.24, 2.45) is 0 Å². The summed E-state index contributed by atoms with van der Waals surface area (Å²) >= 11 is 0. The van der Waals surface area contributed by atoms with Crippen LogP contribution >= 0.6 is 7.92 Å². The average molecular weight is 264 g/mol. The molecule has 0 bridgehead atoms. The highest BCUT2D eigenvalue weighted by Crippen LogP contribution is 2.61. The maximum atomic E-state index is 2.40. The highest BCUT2D eigenvalue weighted by atomic mass is 31.1. The minimum Gasteiger partial charge on any atom is -0.0911 e. The molecule has 0 N–H and O–H groups in total. The Morgan fingerprint density at radius 2 is 1.39 bits per heavy atom. The van der Waals surface area contributed by atoms with Crippen LogP contribution in [-0.4, -0.2) is 10.3 Å². The standard InChI is InChI=1S/C17H29P/c1-13-9-10-15(14(2)11-13)12-18(16(3,4)5)17(6,7)8/h9-11H,12H2,1-8H3. The Morgan fingerprint density at radius 1 is 0.889 bits per heavy atom. The van der Waals surface area contributed by atoms with Crippen molar-refractivity contribution >= 4 is 7.92 Å². The summed E-state index contributed by atoms with van der Waals surface area (Å²) in [5.74, 6) is 0. The van der Waals surface area contributed by atoms with Gasteiger partial charge in [-0.25, -0.2) is 0 Å². The molecular formula is C17H29P. The Morgan fingerprint density at radius 3 is 1.78 bits per heavy atom. The first-order chi connectivity index (χ1) is 8.01. The van der Waals surface area contributed by atoms with E-state index in [2.05, 4.69) is 73.6 Å². The number of hydrogen-bond donors (Lipinski definition) is 0. The van der Waals surface area contributed by atoms with E-state index in [-0.39, 0.29) is 7.92 Å². The molecule has 0 unspecified atom stereocenters. The Hall–Kier alpha value is -0.350. The smallest absolute Gasteiger partial charge is 0.00611 e. The molecule has 0 saturated heterocycles. The molecule has 0 radical (unpaired) electrons. The molecule has 0 heterocycles. The van der Waals surface area contributed by atoms with Crippen LogP contribution in [0.2, 0.25) is 0 Å². The Bertz CT molecular complexity index is 391. The minimum absolute atomic E-state index is 0.0449. The van der Waals surface area contributed by atoms with Gasteiger partial charge in [0.15, 0.2) is 0 Å². The van der Waals surface area contributed by atoms with Crippen molar-refractivity contribution < 1.29 is 0 Å². The Balaban J connectivity index is 3.05. The molecule has 0 aliphatic rings. The molecular weight excluding hydrogens is 235 g/mol. The van der Waals surface area contributed by atoms with E-state index in [1.54, 1.807) is 0 Å². The van der Waals surface area contributed by atoms with E-state index in [1.165, 1.54) is 22.9 Å². The topological polar surface area (TPSA) is 0 Å². The number of aryl methyl sites for hydroxylation is 2. The largest absolute Gasteiger partial charge is 0.0911 e. The molecule has 0 saturated carbocycles. The SMILES string of the molecule is Cc1ccc(CP(C(C)(C)C)C(C)(C)C)c(C)c1. The highest BCUT2D eigenvalue weighted by Gasteiger charge is 2.34. The van der Waals surface area contributed by atoms with Crippen LogP contribution in [0.25, 0.3) is 0 Å². The van der Waals surface area contributed by atoms with Crippen molar-refractivity contribution in [2.75, 3.05) is 0 Å². The van der Waals surface area contributed by atoms with Crippen molar-refractivity contribution in [3.63, 3.8) is 0 Å². The fraction of sp³-hybridized carbons (Fsp3) is 0.647. The first-order valence-corrected chi connectivity index (χ1v) is 8.38. The zero-order chi connectivity index (χ0) is 14.1. The Kier molecular flexibility index (Phi) is 4.65. The number of benzene rings is 1. The van der Waals surface area contributed by atoms with Crippen molar-refractivity contribution in [3.8, 4) is 0 Å². The fourth-order valence-corrected chi connectivity index (χ4v) is 6.33. The molecule has 1 heteroatoms. The summed E-state index contributed by atoms with van der Waals surface area (Å²) in [5.41, 5.74) is 4.36. The second kappa shape index (κ2) is 5.33. The summed E-state index contributed by atoms with van der Waals surface area (Å²) in [7, 11) is -0.0449. The predicted molar refractivity (Wildman–Crippen MR) is 86.0 cm³/mol. The monoisotopic (exact) mass is 264 g/mol. The van der Waals surface area contributed by atoms with E-state index in [9.17, 15) is 0 Å². The van der Waals surface area contributed by atoms with Gasteiger partial charge in [0.05, 0.1) is 0 Å². The first-order valence-electron chi connectivity index (χ1n) is 6.86. The lowest BCUT2D eigenvalue weighted by Gasteiger charge is -2.42. The van der Waals surface area contributed by atoms with Gasteiger partial charge in [0.25, 0.3) is 0 Å². The van der Waals surface area contributed by atoms with Gasteiger partial charge >= 0.3 is 0 Å². The zero-order valence-electron chi connectivity index (χ0n) is 13.4. The summed E-state index contributed by atoms with van der Waals surface area (Å²) in [6, 6.07) is 6.90. The summed E-state index contributed by atoms with van der Waals surface area (Å²) in [4.78, 5) is 0. The van der Waals surface area contributed by atoms with Crippen LogP contribution in [0.1, 0.15) is 58.2 Å². The quantitative estimate of drug-likeness (QED) is 0.585. The van der Waals surface area contributed by atoms with Crippen LogP contribution in [0.15, 0.2) is 18.2 Å². The predicted octanol–water partition coefficient (Wildman–Crippen LogP) is 5.88. The minimum atomic E-state index is -0.0449. The number of rotatable bonds is 2. The van der Waals surface area contributed by atoms with Crippen LogP contribution < -0.4 is 0 Å². The highest BCUT2D eigenvalue weighted by molar-refractivity contribution is 7.60. The molecule has 0 amide bonds. The first kappa shape index (κ1) is 15.7. The van der Waals surface area contributed by atoms with Crippen LogP contribution in [-0.2, 0) is 6.16 Å². The van der Waals surface area contributed by atoms with Gasteiger partial charge in [0.2, 0.25) is 0 Å². The molecule has 1 aromatic rings. The van der Waals surface area contributed by atoms with Crippen molar-refractivity contribution in [2.45, 2.75) is 71.9 Å². The second-order valence-electron chi connectivity index (χ2n) is 7.36. The summed E-state index contributed by atoms with van der Waals surface area (Å²) in [6.45, 7) is 18.8. The fourth-order valence-electron chi connectivity index (χ4n) is 2.67. The van der Waals surface area contributed by atoms with Gasteiger partial charge < -0.3 is 0 Å². The molecule has 0 nitrogen and oxygen atoms in total. The van der Waals surface area contributed by atoms with E-state index >= 15 is 0 Å². The van der Waals surface area contributed by atoms with Crippen molar-refractivity contribution in [1.82, 2.24) is 0 Å². The molecule has 102 valence electrons. The van der Waals surface area contributed by atoms with E-state index in [4.69, 9.17) is 0 Å². The van der Waals surface area contributed by atoms with Gasteiger partial charge in [-0.1, -0.05) is 73.2 Å². The van der Waals surface area contributed by atoms with Gasteiger partial charge in [-0.05, 0) is 41.4 Å². The Labute approximate surface area is 115 Å². The maximum Gasteiger partial charge on any atom is -0.00611 e. The lowest BCUT2D eigenvalue weighted by Crippen LogP contribution is -2.26. The van der Waals surface area contributed by atoms with E-state index in [0.29, 0.717) is 10.3 Å². The average Bonchev–Trinajstić information content (AvgIpc) is 2.12. The molecule has 0 aromatic heterocycles. The van der Waals surface area contributed by atoms with Gasteiger partial charge in [-0.2, -0.15) is 0 Å². The van der Waals surface area contributed by atoms with E-state index in [0.717, 1.165) is 0 Å². The van der Waals surface area contributed by atoms with Crippen LogP contribution in [0.3, 0.4) is 0 Å². The lowest BCUT2D eigenvalue weighted by atomic mass is 10.1. The third kappa shape index (κ3) is 4.09. The van der Waals surface area contributed by atoms with Gasteiger partial charge in [-0.15, -0.1) is 0 Å². The molecule has 0 spiro atoms. The molecule has 1 rings (SSSR count). The van der Waals surface area contributed by atoms with Crippen molar-refractivity contribution in [1.29, 1.82) is 0 Å². The van der Waals surface area contributed by atoms with Gasteiger partial charge in [-0.3, -0.25) is 0 Å². The van der Waals surface area contributed by atoms with Crippen LogP contribution in [0.4, 0.5) is 0 Å². The van der Waals surface area contributed by atoms with Crippen molar-refractivity contribution in [3.05, 3.63) is 34.9 Å². The normalized spacial score (nSPS) is 13.2. The number of hydrogen-bond acceptors (Lipinski definition) is 0. The summed E-state index contributed by atoms with van der Waals surface area (Å²) in [6.07, 6.45) is 1.24. The molecule has 0 aliphatic carbocycles. The van der Waals surface area contributed by atoms with Crippen LogP contribution in [0.5, 0.6) is 0 Å². The third-order valence-electron chi connectivity index (χ3n) is 3.45. The zero-order valence-corrected chi connectivity index (χ0v) is 14.3. The second-order valence-corrected chi connectivity index (χ2v) is 11.2. The maximum absolute atomic E-state index is 2.40. The van der Waals surface area contributed by atoms with E-state index < -0.39 is 0 Å². The van der Waals surface area contributed by atoms with Crippen LogP contribution in [0, 0.1) is 13.8 Å². The lowest BCUT2D eigenvalue weighted by molar-refractivity contribution is 0.702.